The van der Waals surface area contributed by atoms with E-state index in [0.717, 1.165) is 49.8 Å². The number of furan rings is 1. The highest BCUT2D eigenvalue weighted by atomic mass is 16.3. The lowest BCUT2D eigenvalue weighted by atomic mass is 9.92. The summed E-state index contributed by atoms with van der Waals surface area (Å²) in [6.07, 6.45) is 0. The molecule has 0 bridgehead atoms. The van der Waals surface area contributed by atoms with E-state index in [1.807, 2.05) is 66.7 Å². The lowest BCUT2D eigenvalue weighted by molar-refractivity contribution is 0.669. The van der Waals surface area contributed by atoms with Crippen LogP contribution in [0, 0.1) is 0 Å². The predicted octanol–water partition coefficient (Wildman–Crippen LogP) is 11.9. The first-order valence-electron chi connectivity index (χ1n) is 16.4. The standard InChI is InChI=1S/C45H27N3O/c1-3-12-28(13-4-1)43-46-44(29-14-5-2-6-15-29)48-45(47-43)38-21-11-20-37-40-27-31(23-25-41(40)49-42(37)38)30-22-24-36-34-18-8-7-16-32(34)33-17-9-10-19-35(33)39(36)26-30/h1-27H. The molecule has 0 atom stereocenters. The van der Waals surface area contributed by atoms with Gasteiger partial charge in [0.15, 0.2) is 17.5 Å². The van der Waals surface area contributed by atoms with Crippen LogP contribution in [0.1, 0.15) is 0 Å². The van der Waals surface area contributed by atoms with E-state index in [-0.39, 0.29) is 0 Å². The topological polar surface area (TPSA) is 51.8 Å². The van der Waals surface area contributed by atoms with Crippen molar-refractivity contribution >= 4 is 54.3 Å². The van der Waals surface area contributed by atoms with Crippen molar-refractivity contribution in [1.82, 2.24) is 15.0 Å². The van der Waals surface area contributed by atoms with E-state index in [9.17, 15) is 0 Å². The van der Waals surface area contributed by atoms with Gasteiger partial charge in [0.25, 0.3) is 0 Å². The van der Waals surface area contributed by atoms with Crippen LogP contribution in [0.4, 0.5) is 0 Å². The Kier molecular flexibility index (Phi) is 6.15. The number of benzene rings is 8. The molecule has 0 spiro atoms. The third kappa shape index (κ3) is 4.49. The van der Waals surface area contributed by atoms with Gasteiger partial charge < -0.3 is 4.42 Å². The molecule has 0 unspecified atom stereocenters. The Balaban J connectivity index is 1.14. The molecule has 49 heavy (non-hydrogen) atoms. The van der Waals surface area contributed by atoms with Crippen LogP contribution in [-0.2, 0) is 0 Å². The van der Waals surface area contributed by atoms with Crippen LogP contribution in [0.15, 0.2) is 168 Å². The third-order valence-electron chi connectivity index (χ3n) is 9.51. The van der Waals surface area contributed by atoms with Gasteiger partial charge in [-0.05, 0) is 67.7 Å². The number of fused-ring (bicyclic) bond motifs is 9. The number of para-hydroxylation sites is 1. The summed E-state index contributed by atoms with van der Waals surface area (Å²) in [6, 6.07) is 57.0. The van der Waals surface area contributed by atoms with E-state index in [0.29, 0.717) is 17.5 Å². The van der Waals surface area contributed by atoms with Gasteiger partial charge in [-0.3, -0.25) is 0 Å². The molecule has 0 fully saturated rings. The fourth-order valence-electron chi connectivity index (χ4n) is 7.17. The number of nitrogens with zero attached hydrogens (tertiary/aromatic N) is 3. The van der Waals surface area contributed by atoms with Gasteiger partial charge in [0, 0.05) is 21.9 Å². The van der Waals surface area contributed by atoms with Gasteiger partial charge in [-0.2, -0.15) is 0 Å². The summed E-state index contributed by atoms with van der Waals surface area (Å²) in [6.45, 7) is 0. The molecular weight excluding hydrogens is 599 g/mol. The van der Waals surface area contributed by atoms with E-state index in [4.69, 9.17) is 19.4 Å². The van der Waals surface area contributed by atoms with Crippen molar-refractivity contribution in [3.05, 3.63) is 164 Å². The third-order valence-corrected chi connectivity index (χ3v) is 9.51. The normalized spacial score (nSPS) is 11.7. The fourth-order valence-corrected chi connectivity index (χ4v) is 7.17. The van der Waals surface area contributed by atoms with Gasteiger partial charge >= 0.3 is 0 Å². The SMILES string of the molecule is c1ccc(-c2nc(-c3ccccc3)nc(-c3cccc4c3oc3ccc(-c5ccc6c7ccccc7c7ccccc7c6c5)cc34)n2)cc1. The molecule has 4 nitrogen and oxygen atoms in total. The smallest absolute Gasteiger partial charge is 0.167 e. The molecule has 0 saturated heterocycles. The average molecular weight is 626 g/mol. The molecule has 10 rings (SSSR count). The van der Waals surface area contributed by atoms with Crippen LogP contribution in [0.3, 0.4) is 0 Å². The highest BCUT2D eigenvalue weighted by molar-refractivity contribution is 6.25. The molecule has 8 aromatic carbocycles. The monoisotopic (exact) mass is 625 g/mol. The second kappa shape index (κ2) is 11.0. The van der Waals surface area contributed by atoms with Gasteiger partial charge in [-0.15, -0.1) is 0 Å². The van der Waals surface area contributed by atoms with Gasteiger partial charge in [0.1, 0.15) is 11.2 Å². The van der Waals surface area contributed by atoms with Crippen molar-refractivity contribution < 1.29 is 4.42 Å². The largest absolute Gasteiger partial charge is 0.455 e. The molecule has 2 aromatic heterocycles. The Labute approximate surface area is 282 Å². The maximum absolute atomic E-state index is 6.60. The zero-order chi connectivity index (χ0) is 32.3. The van der Waals surface area contributed by atoms with E-state index in [1.165, 1.54) is 32.3 Å². The van der Waals surface area contributed by atoms with E-state index in [1.54, 1.807) is 0 Å². The molecule has 0 amide bonds. The molecule has 2 heterocycles. The second-order valence-corrected chi connectivity index (χ2v) is 12.4. The summed E-state index contributed by atoms with van der Waals surface area (Å²) in [5.41, 5.74) is 6.58. The van der Waals surface area contributed by atoms with E-state index < -0.39 is 0 Å². The second-order valence-electron chi connectivity index (χ2n) is 12.4. The molecule has 0 radical (unpaired) electrons. The Hall–Kier alpha value is -6.65. The molecule has 0 aliphatic carbocycles. The van der Waals surface area contributed by atoms with Gasteiger partial charge in [-0.25, -0.2) is 15.0 Å². The summed E-state index contributed by atoms with van der Waals surface area (Å²) in [4.78, 5) is 14.8. The summed E-state index contributed by atoms with van der Waals surface area (Å²) >= 11 is 0. The first kappa shape index (κ1) is 27.5. The van der Waals surface area contributed by atoms with Crippen LogP contribution in [0.2, 0.25) is 0 Å². The number of hydrogen-bond acceptors (Lipinski definition) is 4. The predicted molar refractivity (Wildman–Crippen MR) is 201 cm³/mol. The minimum absolute atomic E-state index is 0.575. The molecular formula is C45H27N3O. The maximum atomic E-state index is 6.60. The summed E-state index contributed by atoms with van der Waals surface area (Å²) in [5.74, 6) is 1.82. The quantitative estimate of drug-likeness (QED) is 0.183. The Bertz CT molecular complexity index is 2780. The molecule has 228 valence electrons. The minimum atomic E-state index is 0.575. The summed E-state index contributed by atoms with van der Waals surface area (Å²) in [5, 5.41) is 9.69. The lowest BCUT2D eigenvalue weighted by Crippen LogP contribution is -2.00. The van der Waals surface area contributed by atoms with Gasteiger partial charge in [-0.1, -0.05) is 140 Å². The number of hydrogen-bond donors (Lipinski definition) is 0. The Morgan fingerprint density at radius 2 is 0.776 bits per heavy atom. The van der Waals surface area contributed by atoms with Crippen LogP contribution < -0.4 is 0 Å². The number of aromatic nitrogens is 3. The minimum Gasteiger partial charge on any atom is -0.455 e. The zero-order valence-corrected chi connectivity index (χ0v) is 26.3. The average Bonchev–Trinajstić information content (AvgIpc) is 3.56. The molecule has 4 heteroatoms. The van der Waals surface area contributed by atoms with E-state index in [2.05, 4.69) is 97.1 Å². The first-order valence-corrected chi connectivity index (χ1v) is 16.4. The molecule has 0 aliphatic rings. The van der Waals surface area contributed by atoms with Crippen LogP contribution >= 0.6 is 0 Å². The zero-order valence-electron chi connectivity index (χ0n) is 26.3. The van der Waals surface area contributed by atoms with Gasteiger partial charge in [0.05, 0.1) is 5.56 Å². The van der Waals surface area contributed by atoms with E-state index >= 15 is 0 Å². The number of rotatable bonds is 4. The Morgan fingerprint density at radius 1 is 0.306 bits per heavy atom. The van der Waals surface area contributed by atoms with Crippen LogP contribution in [0.5, 0.6) is 0 Å². The van der Waals surface area contributed by atoms with Crippen LogP contribution in [0.25, 0.3) is 99.5 Å². The molecule has 0 N–H and O–H groups in total. The van der Waals surface area contributed by atoms with Crippen molar-refractivity contribution in [3.8, 4) is 45.3 Å². The molecule has 10 aromatic rings. The van der Waals surface area contributed by atoms with Crippen molar-refractivity contribution in [2.45, 2.75) is 0 Å². The van der Waals surface area contributed by atoms with Crippen molar-refractivity contribution in [1.29, 1.82) is 0 Å². The summed E-state index contributed by atoms with van der Waals surface area (Å²) in [7, 11) is 0. The van der Waals surface area contributed by atoms with Crippen molar-refractivity contribution in [2.24, 2.45) is 0 Å². The van der Waals surface area contributed by atoms with Crippen LogP contribution in [-0.4, -0.2) is 15.0 Å². The first-order chi connectivity index (χ1) is 24.3. The van der Waals surface area contributed by atoms with Crippen molar-refractivity contribution in [3.63, 3.8) is 0 Å². The highest BCUT2D eigenvalue weighted by Gasteiger charge is 2.18. The maximum Gasteiger partial charge on any atom is 0.167 e. The van der Waals surface area contributed by atoms with Crippen molar-refractivity contribution in [2.75, 3.05) is 0 Å². The highest BCUT2D eigenvalue weighted by Crippen LogP contribution is 2.40. The molecule has 0 aliphatic heterocycles. The molecule has 0 saturated carbocycles. The van der Waals surface area contributed by atoms with Gasteiger partial charge in [0.2, 0.25) is 0 Å². The summed E-state index contributed by atoms with van der Waals surface area (Å²) < 4.78 is 6.60. The Morgan fingerprint density at radius 3 is 1.39 bits per heavy atom. The fraction of sp³-hybridized carbons (Fsp3) is 0. The lowest BCUT2D eigenvalue weighted by Gasteiger charge is -2.12.